The largest absolute Gasteiger partial charge is 0.483 e. The Kier molecular flexibility index (Phi) is 15.2. The topological polar surface area (TPSA) is 306 Å². The van der Waals surface area contributed by atoms with Gasteiger partial charge in [-0.1, -0.05) is 0 Å². The molecular formula is C17H27N3Na2O17P2. The number of phosphoric acid groups is 2. The number of hydrogen-bond acceptors (Lipinski definition) is 15. The van der Waals surface area contributed by atoms with Gasteiger partial charge in [0.2, 0.25) is 5.91 Å². The van der Waals surface area contributed by atoms with E-state index in [-0.39, 0.29) is 59.1 Å². The molecule has 0 aromatic carbocycles. The van der Waals surface area contributed by atoms with Crippen LogP contribution < -0.4 is 16.6 Å². The van der Waals surface area contributed by atoms with Crippen LogP contribution in [0.25, 0.3) is 0 Å². The second-order valence-electron chi connectivity index (χ2n) is 8.42. The van der Waals surface area contributed by atoms with Gasteiger partial charge in [-0.2, -0.15) is 4.31 Å². The first-order valence-corrected chi connectivity index (χ1v) is 14.0. The molecule has 1 amide bonds. The molecule has 24 heteroatoms. The van der Waals surface area contributed by atoms with E-state index in [1.807, 2.05) is 4.98 Å². The quantitative estimate of drug-likeness (QED) is 0.0840. The predicted molar refractivity (Wildman–Crippen MR) is 132 cm³/mol. The van der Waals surface area contributed by atoms with Gasteiger partial charge in [-0.15, -0.1) is 0 Å². The fourth-order valence-electron chi connectivity index (χ4n) is 3.76. The average molecular weight is 653 g/mol. The summed E-state index contributed by atoms with van der Waals surface area (Å²) in [5.41, 5.74) is -1.75. The van der Waals surface area contributed by atoms with Crippen molar-refractivity contribution < 1.29 is 72.1 Å². The summed E-state index contributed by atoms with van der Waals surface area (Å²) in [6, 6.07) is -0.766. The number of rotatable bonds is 10. The SMILES string of the molecule is CC(=O)N[C@H]1[C@@H](OP(=O)(O)OP(=O)(O)OC[C@H]2O[C@@H](n3ccc(=O)[nH]c3=O)[C@H](O)[C@@H]2O)O[C@H](CO)[C@H](O)[C@@H]1O.[Na].[Na]. The zero-order valence-electron chi connectivity index (χ0n) is 21.8. The molecule has 2 radical (unpaired) electrons. The van der Waals surface area contributed by atoms with Crippen LogP contribution in [0.15, 0.2) is 21.9 Å². The maximum Gasteiger partial charge on any atom is 0.483 e. The Morgan fingerprint density at radius 2 is 1.63 bits per heavy atom. The number of aromatic amines is 1. The number of aliphatic hydroxyl groups is 5. The summed E-state index contributed by atoms with van der Waals surface area (Å²) in [6.07, 6.45) is -13.0. The van der Waals surface area contributed by atoms with Crippen molar-refractivity contribution in [1.29, 1.82) is 0 Å². The number of H-pyrrole nitrogens is 1. The third kappa shape index (κ3) is 10.1. The smallest absolute Gasteiger partial charge is 0.394 e. The summed E-state index contributed by atoms with van der Waals surface area (Å²) in [4.78, 5) is 56.4. The van der Waals surface area contributed by atoms with Crippen molar-refractivity contribution in [3.05, 3.63) is 33.1 Å². The Bertz CT molecular complexity index is 1250. The zero-order valence-corrected chi connectivity index (χ0v) is 27.6. The Morgan fingerprint density at radius 1 is 1.02 bits per heavy atom. The third-order valence-corrected chi connectivity index (χ3v) is 8.16. The first kappa shape index (κ1) is 39.2. The van der Waals surface area contributed by atoms with Gasteiger partial charge in [0.25, 0.3) is 5.56 Å². The summed E-state index contributed by atoms with van der Waals surface area (Å²) in [5.74, 6) is -0.796. The molecule has 41 heavy (non-hydrogen) atoms. The number of phosphoric ester groups is 2. The van der Waals surface area contributed by atoms with E-state index in [2.05, 4.69) is 18.7 Å². The Balaban J connectivity index is 0.00000420. The molecule has 9 N–H and O–H groups in total. The molecule has 1 aromatic heterocycles. The van der Waals surface area contributed by atoms with Gasteiger partial charge in [-0.3, -0.25) is 28.2 Å². The van der Waals surface area contributed by atoms with Gasteiger partial charge in [0.15, 0.2) is 12.5 Å². The molecule has 1 aromatic rings. The zero-order chi connectivity index (χ0) is 29.3. The molecule has 0 aliphatic carbocycles. The molecule has 11 atom stereocenters. The Labute approximate surface area is 274 Å². The van der Waals surface area contributed by atoms with Crippen LogP contribution in [0, 0.1) is 0 Å². The van der Waals surface area contributed by atoms with E-state index in [1.165, 1.54) is 0 Å². The first-order valence-electron chi connectivity index (χ1n) is 11.0. The van der Waals surface area contributed by atoms with Gasteiger partial charge in [-0.05, 0) is 0 Å². The van der Waals surface area contributed by atoms with Crippen LogP contribution in [-0.2, 0) is 36.8 Å². The normalized spacial score (nSPS) is 34.4. The summed E-state index contributed by atoms with van der Waals surface area (Å²) < 4.78 is 49.2. The fraction of sp³-hybridized carbons (Fsp3) is 0.706. The van der Waals surface area contributed by atoms with Crippen molar-refractivity contribution in [1.82, 2.24) is 14.9 Å². The molecule has 3 rings (SSSR count). The maximum absolute atomic E-state index is 12.4. The van der Waals surface area contributed by atoms with Gasteiger partial charge in [-0.25, -0.2) is 13.9 Å². The van der Waals surface area contributed by atoms with Crippen molar-refractivity contribution in [2.45, 2.75) is 62.1 Å². The van der Waals surface area contributed by atoms with Gasteiger partial charge in [0.05, 0.1) is 13.2 Å². The van der Waals surface area contributed by atoms with E-state index in [4.69, 9.17) is 9.47 Å². The standard InChI is InChI=1S/C17H27N3O17P2.2Na/c1-6(22)18-10-13(26)11(24)7(4-21)35-16(10)36-39(31,32)37-38(29,30)33-5-8-12(25)14(27)15(34-8)20-3-2-9(23)19-17(20)28;;/h2-3,7-8,10-16,21,24-27H,4-5H2,1H3,(H,18,22)(H,29,30)(H,31,32)(H,19,23,28);;/t7-,8-,10-,11+,12-,13-,14-,15-,16-;;/m1../s1. The molecule has 20 nitrogen and oxygen atoms in total. The van der Waals surface area contributed by atoms with Crippen LogP contribution in [-0.4, -0.2) is 172 Å². The van der Waals surface area contributed by atoms with E-state index in [0.717, 1.165) is 23.8 Å². The molecule has 2 fully saturated rings. The minimum absolute atomic E-state index is 0. The van der Waals surface area contributed by atoms with Crippen LogP contribution in [0.2, 0.25) is 0 Å². The predicted octanol–water partition coefficient (Wildman–Crippen LogP) is -5.41. The first-order chi connectivity index (χ1) is 18.0. The molecule has 0 bridgehead atoms. The number of aliphatic hydroxyl groups excluding tert-OH is 5. The number of nitrogens with one attached hydrogen (secondary N) is 2. The minimum atomic E-state index is -5.63. The number of ether oxygens (including phenoxy) is 2. The molecule has 2 aliphatic rings. The molecule has 3 heterocycles. The van der Waals surface area contributed by atoms with E-state index in [1.54, 1.807) is 0 Å². The number of carbonyl (C=O) groups excluding carboxylic acids is 1. The van der Waals surface area contributed by atoms with Crippen LogP contribution >= 0.6 is 15.6 Å². The minimum Gasteiger partial charge on any atom is -0.394 e. The molecule has 224 valence electrons. The number of nitrogens with zero attached hydrogens (tertiary/aromatic N) is 1. The number of amides is 1. The van der Waals surface area contributed by atoms with E-state index < -0.39 is 101 Å². The Hall–Kier alpha value is 0.130. The molecule has 2 unspecified atom stereocenters. The van der Waals surface area contributed by atoms with E-state index >= 15 is 0 Å². The summed E-state index contributed by atoms with van der Waals surface area (Å²) in [7, 11) is -11.1. The van der Waals surface area contributed by atoms with Crippen molar-refractivity contribution in [2.75, 3.05) is 13.2 Å². The molecule has 0 saturated carbocycles. The van der Waals surface area contributed by atoms with Crippen LogP contribution in [0.3, 0.4) is 0 Å². The second-order valence-corrected chi connectivity index (χ2v) is 11.4. The monoisotopic (exact) mass is 653 g/mol. The maximum atomic E-state index is 12.4. The second kappa shape index (κ2) is 15.9. The molecule has 0 spiro atoms. The van der Waals surface area contributed by atoms with E-state index in [0.29, 0.717) is 0 Å². The molecule has 2 saturated heterocycles. The van der Waals surface area contributed by atoms with Crippen molar-refractivity contribution in [3.63, 3.8) is 0 Å². The van der Waals surface area contributed by atoms with Crippen LogP contribution in [0.1, 0.15) is 13.2 Å². The number of aromatic nitrogens is 2. The summed E-state index contributed by atoms with van der Waals surface area (Å²) in [6.45, 7) is -0.940. The average Bonchev–Trinajstić information content (AvgIpc) is 3.10. The third-order valence-electron chi connectivity index (χ3n) is 5.56. The van der Waals surface area contributed by atoms with Crippen molar-refractivity contribution >= 4 is 80.7 Å². The van der Waals surface area contributed by atoms with Crippen molar-refractivity contribution in [3.8, 4) is 0 Å². The molecular weight excluding hydrogens is 626 g/mol. The van der Waals surface area contributed by atoms with Gasteiger partial charge in [0.1, 0.15) is 42.7 Å². The number of carbonyl (C=O) groups is 1. The number of hydrogen-bond donors (Lipinski definition) is 9. The van der Waals surface area contributed by atoms with Crippen molar-refractivity contribution in [2.24, 2.45) is 0 Å². The summed E-state index contributed by atoms with van der Waals surface area (Å²) >= 11 is 0. The van der Waals surface area contributed by atoms with Crippen LogP contribution in [0.5, 0.6) is 0 Å². The fourth-order valence-corrected chi connectivity index (χ4v) is 5.92. The van der Waals surface area contributed by atoms with E-state index in [9.17, 15) is 58.8 Å². The van der Waals surface area contributed by atoms with Gasteiger partial charge < -0.3 is 50.1 Å². The van der Waals surface area contributed by atoms with Gasteiger partial charge >= 0.3 is 21.3 Å². The summed E-state index contributed by atoms with van der Waals surface area (Å²) in [5, 5.41) is 51.9. The van der Waals surface area contributed by atoms with Gasteiger partial charge in [0, 0.05) is 78.3 Å². The Morgan fingerprint density at radius 3 is 2.20 bits per heavy atom. The van der Waals surface area contributed by atoms with Crippen LogP contribution in [0.4, 0.5) is 0 Å². The molecule has 2 aliphatic heterocycles.